The molecule has 2 atom stereocenters. The van der Waals surface area contributed by atoms with Gasteiger partial charge in [-0.3, -0.25) is 4.79 Å². The van der Waals surface area contributed by atoms with E-state index < -0.39 is 54.3 Å². The van der Waals surface area contributed by atoms with Crippen molar-refractivity contribution in [2.24, 2.45) is 13.0 Å². The zero-order valence-electron chi connectivity index (χ0n) is 19.1. The minimum Gasteiger partial charge on any atom is -0.352 e. The molecule has 0 saturated carbocycles. The molecule has 2 aromatic heterocycles. The lowest BCUT2D eigenvalue weighted by Crippen LogP contribution is -2.57. The van der Waals surface area contributed by atoms with Gasteiger partial charge in [-0.25, -0.2) is 23.1 Å². The predicted octanol–water partition coefficient (Wildman–Crippen LogP) is 4.03. The molecule has 1 aliphatic heterocycles. The molecule has 0 spiro atoms. The van der Waals surface area contributed by atoms with E-state index in [0.29, 0.717) is 18.0 Å². The molecule has 1 fully saturated rings. The van der Waals surface area contributed by atoms with Gasteiger partial charge in [0.05, 0.1) is 18.2 Å². The van der Waals surface area contributed by atoms with E-state index in [2.05, 4.69) is 25.5 Å². The van der Waals surface area contributed by atoms with Crippen molar-refractivity contribution in [3.8, 4) is 11.3 Å². The minimum atomic E-state index is -4.61. The Bertz CT molecular complexity index is 1230. The molecular formula is C22H21F6N7O. The molecule has 1 aromatic carbocycles. The second-order valence-electron chi connectivity index (χ2n) is 8.61. The van der Waals surface area contributed by atoms with Crippen molar-refractivity contribution in [2.75, 3.05) is 18.4 Å². The molecule has 1 aliphatic rings. The van der Waals surface area contributed by atoms with E-state index in [1.807, 2.05) is 0 Å². The molecule has 36 heavy (non-hydrogen) atoms. The monoisotopic (exact) mass is 513 g/mol. The van der Waals surface area contributed by atoms with Crippen LogP contribution in [-0.4, -0.2) is 60.8 Å². The van der Waals surface area contributed by atoms with Crippen LogP contribution in [0.1, 0.15) is 29.4 Å². The summed E-state index contributed by atoms with van der Waals surface area (Å²) in [6.07, 6.45) is -3.90. The van der Waals surface area contributed by atoms with E-state index in [1.165, 1.54) is 31.3 Å². The van der Waals surface area contributed by atoms with Crippen molar-refractivity contribution < 1.29 is 31.1 Å². The van der Waals surface area contributed by atoms with Gasteiger partial charge in [0.1, 0.15) is 11.5 Å². The first kappa shape index (κ1) is 25.4. The SMILES string of the molecule is C[C@@H]1CC(F)(F)CN(C(=O)c2nn(C)nc2-c2ccc(F)cc2)C1CNc1ncc(C(F)(F)F)cn1. The maximum Gasteiger partial charge on any atom is 0.419 e. The maximum absolute atomic E-state index is 14.5. The number of anilines is 1. The van der Waals surface area contributed by atoms with E-state index in [9.17, 15) is 31.1 Å². The quantitative estimate of drug-likeness (QED) is 0.519. The fourth-order valence-corrected chi connectivity index (χ4v) is 4.13. The topological polar surface area (TPSA) is 88.8 Å². The summed E-state index contributed by atoms with van der Waals surface area (Å²) in [5.41, 5.74) is -0.754. The molecule has 1 unspecified atom stereocenters. The Morgan fingerprint density at radius 1 is 1.14 bits per heavy atom. The summed E-state index contributed by atoms with van der Waals surface area (Å²) in [6.45, 7) is 0.557. The number of aromatic nitrogens is 5. The smallest absolute Gasteiger partial charge is 0.352 e. The van der Waals surface area contributed by atoms with Gasteiger partial charge in [-0.2, -0.15) is 23.1 Å². The molecule has 192 valence electrons. The third-order valence-electron chi connectivity index (χ3n) is 5.82. The molecule has 8 nitrogen and oxygen atoms in total. The lowest BCUT2D eigenvalue weighted by molar-refractivity contribution is -0.138. The standard InChI is InChI=1S/C22H21F6N7O/c1-12-7-21(24,25)11-35(16(12)10-31-20-29-8-14(9-30-20)22(26,27)28)19(36)18-17(32-34(2)33-18)13-3-5-15(23)6-4-13/h3-6,8-9,12,16H,7,10-11H2,1-2H3,(H,29,30,31)/t12-,16?/m1/s1. The number of carbonyl (C=O) groups is 1. The Morgan fingerprint density at radius 2 is 1.78 bits per heavy atom. The fourth-order valence-electron chi connectivity index (χ4n) is 4.13. The number of hydrogen-bond donors (Lipinski definition) is 1. The molecule has 3 aromatic rings. The second kappa shape index (κ2) is 9.39. The zero-order chi connectivity index (χ0) is 26.3. The normalized spacial score (nSPS) is 19.8. The van der Waals surface area contributed by atoms with Crippen LogP contribution >= 0.6 is 0 Å². The Labute approximate surface area is 201 Å². The minimum absolute atomic E-state index is 0.0967. The van der Waals surface area contributed by atoms with Gasteiger partial charge in [0, 0.05) is 38.0 Å². The summed E-state index contributed by atoms with van der Waals surface area (Å²) >= 11 is 0. The van der Waals surface area contributed by atoms with Crippen LogP contribution in [0, 0.1) is 11.7 Å². The number of piperidine rings is 1. The van der Waals surface area contributed by atoms with Crippen molar-refractivity contribution in [3.63, 3.8) is 0 Å². The molecule has 0 aliphatic carbocycles. The van der Waals surface area contributed by atoms with Crippen LogP contribution in [0.2, 0.25) is 0 Å². The van der Waals surface area contributed by atoms with Crippen LogP contribution in [0.25, 0.3) is 11.3 Å². The Morgan fingerprint density at radius 3 is 2.39 bits per heavy atom. The number of nitrogens with one attached hydrogen (secondary N) is 1. The summed E-state index contributed by atoms with van der Waals surface area (Å²) in [4.78, 5) is 22.8. The molecule has 1 N–H and O–H groups in total. The molecular weight excluding hydrogens is 492 g/mol. The van der Waals surface area contributed by atoms with Crippen LogP contribution < -0.4 is 5.32 Å². The third kappa shape index (κ3) is 5.41. The van der Waals surface area contributed by atoms with E-state index in [0.717, 1.165) is 9.70 Å². The molecule has 1 saturated heterocycles. The summed E-state index contributed by atoms with van der Waals surface area (Å²) in [5, 5.41) is 10.9. The van der Waals surface area contributed by atoms with E-state index >= 15 is 0 Å². The van der Waals surface area contributed by atoms with E-state index in [4.69, 9.17) is 0 Å². The molecule has 0 bridgehead atoms. The summed E-state index contributed by atoms with van der Waals surface area (Å²) in [6, 6.07) is 4.35. The van der Waals surface area contributed by atoms with Crippen molar-refractivity contribution in [2.45, 2.75) is 31.5 Å². The van der Waals surface area contributed by atoms with Crippen LogP contribution in [0.4, 0.5) is 32.3 Å². The van der Waals surface area contributed by atoms with Gasteiger partial charge in [0.2, 0.25) is 5.95 Å². The Balaban J connectivity index is 1.60. The number of hydrogen-bond acceptors (Lipinski definition) is 6. The number of nitrogens with zero attached hydrogens (tertiary/aromatic N) is 6. The zero-order valence-corrected chi connectivity index (χ0v) is 19.1. The average Bonchev–Trinajstić information content (AvgIpc) is 3.19. The van der Waals surface area contributed by atoms with Crippen LogP contribution in [-0.2, 0) is 13.2 Å². The Kier molecular flexibility index (Phi) is 6.62. The number of amides is 1. The lowest BCUT2D eigenvalue weighted by Gasteiger charge is -2.43. The molecule has 3 heterocycles. The first-order valence-corrected chi connectivity index (χ1v) is 10.8. The molecule has 1 amide bonds. The van der Waals surface area contributed by atoms with Crippen LogP contribution in [0.5, 0.6) is 0 Å². The molecule has 4 rings (SSSR count). The summed E-state index contributed by atoms with van der Waals surface area (Å²) in [5.74, 6) is -5.32. The summed E-state index contributed by atoms with van der Waals surface area (Å²) in [7, 11) is 1.46. The number of benzene rings is 1. The largest absolute Gasteiger partial charge is 0.419 e. The van der Waals surface area contributed by atoms with Gasteiger partial charge in [0.25, 0.3) is 11.8 Å². The number of carbonyl (C=O) groups excluding carboxylic acids is 1. The van der Waals surface area contributed by atoms with E-state index in [1.54, 1.807) is 6.92 Å². The van der Waals surface area contributed by atoms with Gasteiger partial charge >= 0.3 is 6.18 Å². The summed E-state index contributed by atoms with van der Waals surface area (Å²) < 4.78 is 80.7. The fraction of sp³-hybridized carbons (Fsp3) is 0.409. The van der Waals surface area contributed by atoms with Gasteiger partial charge in [-0.05, 0) is 30.2 Å². The van der Waals surface area contributed by atoms with Crippen molar-refractivity contribution in [3.05, 3.63) is 53.7 Å². The number of alkyl halides is 5. The van der Waals surface area contributed by atoms with Gasteiger partial charge in [-0.15, -0.1) is 5.10 Å². The number of halogens is 6. The third-order valence-corrected chi connectivity index (χ3v) is 5.82. The number of rotatable bonds is 5. The van der Waals surface area contributed by atoms with Crippen LogP contribution in [0.15, 0.2) is 36.7 Å². The van der Waals surface area contributed by atoms with Crippen LogP contribution in [0.3, 0.4) is 0 Å². The lowest BCUT2D eigenvalue weighted by atomic mass is 9.88. The van der Waals surface area contributed by atoms with Gasteiger partial charge < -0.3 is 10.2 Å². The first-order valence-electron chi connectivity index (χ1n) is 10.8. The van der Waals surface area contributed by atoms with Crippen molar-refractivity contribution >= 4 is 11.9 Å². The maximum atomic E-state index is 14.5. The highest BCUT2D eigenvalue weighted by molar-refractivity contribution is 5.98. The highest BCUT2D eigenvalue weighted by atomic mass is 19.4. The highest BCUT2D eigenvalue weighted by Gasteiger charge is 2.47. The van der Waals surface area contributed by atoms with E-state index in [-0.39, 0.29) is 23.9 Å². The van der Waals surface area contributed by atoms with Crippen molar-refractivity contribution in [1.82, 2.24) is 29.9 Å². The highest BCUT2D eigenvalue weighted by Crippen LogP contribution is 2.36. The Hall–Kier alpha value is -3.71. The van der Waals surface area contributed by atoms with Crippen molar-refractivity contribution in [1.29, 1.82) is 0 Å². The number of likely N-dealkylation sites (tertiary alicyclic amines) is 1. The molecule has 14 heteroatoms. The molecule has 0 radical (unpaired) electrons. The van der Waals surface area contributed by atoms with Gasteiger partial charge in [0.15, 0.2) is 5.69 Å². The second-order valence-corrected chi connectivity index (χ2v) is 8.61. The number of aryl methyl sites for hydroxylation is 1. The first-order chi connectivity index (χ1) is 16.8. The average molecular weight is 513 g/mol. The predicted molar refractivity (Wildman–Crippen MR) is 115 cm³/mol. The van der Waals surface area contributed by atoms with Gasteiger partial charge in [-0.1, -0.05) is 6.92 Å².